The van der Waals surface area contributed by atoms with E-state index in [4.69, 9.17) is 9.47 Å². The number of benzene rings is 1. The van der Waals surface area contributed by atoms with Gasteiger partial charge in [-0.15, -0.1) is 0 Å². The average Bonchev–Trinajstić information content (AvgIpc) is 2.35. The number of esters is 1. The molecule has 0 unspecified atom stereocenters. The first-order chi connectivity index (χ1) is 8.26. The lowest BCUT2D eigenvalue weighted by molar-refractivity contribution is -0.137. The maximum absolute atomic E-state index is 11.1. The topological polar surface area (TPSA) is 35.5 Å². The Hall–Kier alpha value is -1.29. The fraction of sp³-hybridized carbons (Fsp3) is 0.308. The summed E-state index contributed by atoms with van der Waals surface area (Å²) < 4.78 is 10.2. The molecule has 17 heavy (non-hydrogen) atoms. The minimum atomic E-state index is -0.327. The van der Waals surface area contributed by atoms with E-state index in [2.05, 4.69) is 15.9 Å². The van der Waals surface area contributed by atoms with Crippen LogP contribution in [0.2, 0.25) is 0 Å². The highest BCUT2D eigenvalue weighted by atomic mass is 79.9. The quantitative estimate of drug-likeness (QED) is 0.460. The first-order valence-electron chi connectivity index (χ1n) is 5.40. The molecule has 0 bridgehead atoms. The van der Waals surface area contributed by atoms with E-state index in [1.165, 1.54) is 6.08 Å². The van der Waals surface area contributed by atoms with Crippen molar-refractivity contribution in [3.05, 3.63) is 35.9 Å². The minimum absolute atomic E-state index is 0.327. The molecular weight excluding hydrogens is 284 g/mol. The van der Waals surface area contributed by atoms with Crippen molar-refractivity contribution in [2.24, 2.45) is 0 Å². The van der Waals surface area contributed by atoms with Crippen molar-refractivity contribution < 1.29 is 14.3 Å². The van der Waals surface area contributed by atoms with Gasteiger partial charge in [0.05, 0.1) is 13.2 Å². The number of hydrogen-bond acceptors (Lipinski definition) is 3. The second-order valence-corrected chi connectivity index (χ2v) is 3.98. The molecule has 0 saturated heterocycles. The van der Waals surface area contributed by atoms with Gasteiger partial charge < -0.3 is 9.47 Å². The van der Waals surface area contributed by atoms with Gasteiger partial charge in [0.1, 0.15) is 5.75 Å². The monoisotopic (exact) mass is 298 g/mol. The molecule has 1 aromatic rings. The fourth-order valence-electron chi connectivity index (χ4n) is 1.19. The third-order valence-corrected chi connectivity index (χ3v) is 2.25. The van der Waals surface area contributed by atoms with Crippen LogP contribution in [0.25, 0.3) is 6.08 Å². The molecule has 3 nitrogen and oxygen atoms in total. The second-order valence-electron chi connectivity index (χ2n) is 3.19. The van der Waals surface area contributed by atoms with Crippen LogP contribution in [0.15, 0.2) is 30.3 Å². The molecule has 0 radical (unpaired) electrons. The van der Waals surface area contributed by atoms with E-state index in [9.17, 15) is 4.79 Å². The van der Waals surface area contributed by atoms with E-state index >= 15 is 0 Å². The van der Waals surface area contributed by atoms with Crippen molar-refractivity contribution in [3.63, 3.8) is 0 Å². The summed E-state index contributed by atoms with van der Waals surface area (Å²) in [5, 5.41) is 0.803. The Bertz CT molecular complexity index is 371. The van der Waals surface area contributed by atoms with Gasteiger partial charge in [0, 0.05) is 11.4 Å². The number of carbonyl (C=O) groups is 1. The van der Waals surface area contributed by atoms with Gasteiger partial charge in [0.25, 0.3) is 0 Å². The number of rotatable bonds is 6. The highest BCUT2D eigenvalue weighted by Crippen LogP contribution is 2.13. The summed E-state index contributed by atoms with van der Waals surface area (Å²) in [6, 6.07) is 7.51. The van der Waals surface area contributed by atoms with Crippen molar-refractivity contribution in [1.82, 2.24) is 0 Å². The normalized spacial score (nSPS) is 10.5. The summed E-state index contributed by atoms with van der Waals surface area (Å²) in [7, 11) is 0. The van der Waals surface area contributed by atoms with Crippen molar-refractivity contribution in [1.29, 1.82) is 0 Å². The van der Waals surface area contributed by atoms with Crippen LogP contribution in [0.1, 0.15) is 12.5 Å². The number of alkyl halides is 1. The average molecular weight is 299 g/mol. The smallest absolute Gasteiger partial charge is 0.330 e. The Labute approximate surface area is 110 Å². The molecule has 4 heteroatoms. The predicted molar refractivity (Wildman–Crippen MR) is 71.4 cm³/mol. The molecule has 0 fully saturated rings. The summed E-state index contributed by atoms with van der Waals surface area (Å²) in [4.78, 5) is 11.1. The third kappa shape index (κ3) is 5.54. The summed E-state index contributed by atoms with van der Waals surface area (Å²) in [5.41, 5.74) is 0.934. The SMILES string of the molecule is CCOC(=O)/C=C/c1ccc(OCCBr)cc1. The van der Waals surface area contributed by atoms with Gasteiger partial charge in [0.15, 0.2) is 0 Å². The molecule has 0 amide bonds. The van der Waals surface area contributed by atoms with Crippen molar-refractivity contribution in [2.45, 2.75) is 6.92 Å². The molecule has 0 saturated carbocycles. The first-order valence-corrected chi connectivity index (χ1v) is 6.52. The molecule has 0 N–H and O–H groups in total. The lowest BCUT2D eigenvalue weighted by Crippen LogP contribution is -1.98. The van der Waals surface area contributed by atoms with E-state index in [0.717, 1.165) is 16.6 Å². The van der Waals surface area contributed by atoms with Gasteiger partial charge in [-0.25, -0.2) is 4.79 Å². The Morgan fingerprint density at radius 3 is 2.65 bits per heavy atom. The maximum atomic E-state index is 11.1. The zero-order valence-electron chi connectivity index (χ0n) is 9.69. The molecular formula is C13H15BrO3. The van der Waals surface area contributed by atoms with Gasteiger partial charge >= 0.3 is 5.97 Å². The molecule has 1 rings (SSSR count). The predicted octanol–water partition coefficient (Wildman–Crippen LogP) is 3.04. The van der Waals surface area contributed by atoms with E-state index in [1.54, 1.807) is 13.0 Å². The summed E-state index contributed by atoms with van der Waals surface area (Å²) in [5.74, 6) is 0.491. The Kier molecular flexibility index (Phi) is 6.40. The molecule has 0 heterocycles. The van der Waals surface area contributed by atoms with Crippen molar-refractivity contribution in [2.75, 3.05) is 18.5 Å². The summed E-state index contributed by atoms with van der Waals surface area (Å²) in [6.07, 6.45) is 3.13. The van der Waals surface area contributed by atoms with Crippen molar-refractivity contribution in [3.8, 4) is 5.75 Å². The van der Waals surface area contributed by atoms with Gasteiger partial charge in [-0.05, 0) is 30.7 Å². The number of halogens is 1. The van der Waals surface area contributed by atoms with Gasteiger partial charge in [0.2, 0.25) is 0 Å². The lowest BCUT2D eigenvalue weighted by Gasteiger charge is -2.03. The number of ether oxygens (including phenoxy) is 2. The van der Waals surface area contributed by atoms with Crippen molar-refractivity contribution >= 4 is 28.0 Å². The van der Waals surface area contributed by atoms with E-state index in [-0.39, 0.29) is 5.97 Å². The van der Waals surface area contributed by atoms with Crippen LogP contribution in [0, 0.1) is 0 Å². The third-order valence-electron chi connectivity index (χ3n) is 1.92. The number of hydrogen-bond donors (Lipinski definition) is 0. The highest BCUT2D eigenvalue weighted by molar-refractivity contribution is 9.09. The van der Waals surface area contributed by atoms with Gasteiger partial charge in [-0.1, -0.05) is 28.1 Å². The standard InChI is InChI=1S/C13H15BrO3/c1-2-16-13(15)8-5-11-3-6-12(7-4-11)17-10-9-14/h3-8H,2,9-10H2,1H3/b8-5+. The fourth-order valence-corrected chi connectivity index (χ4v) is 1.35. The van der Waals surface area contributed by atoms with Crippen LogP contribution in [-0.4, -0.2) is 24.5 Å². The minimum Gasteiger partial charge on any atom is -0.493 e. The number of carbonyl (C=O) groups excluding carboxylic acids is 1. The van der Waals surface area contributed by atoms with Crippen LogP contribution >= 0.6 is 15.9 Å². The van der Waals surface area contributed by atoms with E-state index in [1.807, 2.05) is 24.3 Å². The van der Waals surface area contributed by atoms with Gasteiger partial charge in [-0.3, -0.25) is 0 Å². The molecule has 92 valence electrons. The van der Waals surface area contributed by atoms with Crippen LogP contribution in [-0.2, 0) is 9.53 Å². The molecule has 0 aliphatic rings. The highest BCUT2D eigenvalue weighted by Gasteiger charge is 1.95. The Morgan fingerprint density at radius 1 is 1.35 bits per heavy atom. The lowest BCUT2D eigenvalue weighted by atomic mass is 10.2. The molecule has 0 aliphatic heterocycles. The second kappa shape index (κ2) is 7.90. The molecule has 0 atom stereocenters. The zero-order chi connectivity index (χ0) is 12.5. The van der Waals surface area contributed by atoms with E-state index < -0.39 is 0 Å². The van der Waals surface area contributed by atoms with Crippen LogP contribution < -0.4 is 4.74 Å². The molecule has 1 aromatic carbocycles. The summed E-state index contributed by atoms with van der Waals surface area (Å²) >= 11 is 3.29. The molecule has 0 aromatic heterocycles. The van der Waals surface area contributed by atoms with E-state index in [0.29, 0.717) is 13.2 Å². The van der Waals surface area contributed by atoms with Crippen LogP contribution in [0.4, 0.5) is 0 Å². The van der Waals surface area contributed by atoms with Crippen LogP contribution in [0.5, 0.6) is 5.75 Å². The molecule has 0 spiro atoms. The Balaban J connectivity index is 2.53. The van der Waals surface area contributed by atoms with Gasteiger partial charge in [-0.2, -0.15) is 0 Å². The largest absolute Gasteiger partial charge is 0.493 e. The maximum Gasteiger partial charge on any atom is 0.330 e. The summed E-state index contributed by atoms with van der Waals surface area (Å²) in [6.45, 7) is 2.81. The Morgan fingerprint density at radius 2 is 2.06 bits per heavy atom. The van der Waals surface area contributed by atoms with Crippen LogP contribution in [0.3, 0.4) is 0 Å². The molecule has 0 aliphatic carbocycles. The first kappa shape index (κ1) is 13.8. The zero-order valence-corrected chi connectivity index (χ0v) is 11.3.